The van der Waals surface area contributed by atoms with Gasteiger partial charge in [0.25, 0.3) is 0 Å². The first-order valence-corrected chi connectivity index (χ1v) is 23.9. The van der Waals surface area contributed by atoms with E-state index in [1.54, 1.807) is 0 Å². The molecule has 5 aromatic carbocycles. The van der Waals surface area contributed by atoms with E-state index in [1.807, 2.05) is 14.2 Å². The highest BCUT2D eigenvalue weighted by molar-refractivity contribution is 7.80. The molecule has 0 bridgehead atoms. The highest BCUT2D eigenvalue weighted by Gasteiger charge is 2.39. The summed E-state index contributed by atoms with van der Waals surface area (Å²) in [5, 5.41) is 3.75. The quantitative estimate of drug-likeness (QED) is 0.0873. The van der Waals surface area contributed by atoms with Crippen molar-refractivity contribution in [3.8, 4) is 28.7 Å². The zero-order valence-corrected chi connectivity index (χ0v) is 40.4. The molecule has 0 radical (unpaired) electrons. The molecule has 7 rings (SSSR count). The third-order valence-electron chi connectivity index (χ3n) is 13.3. The average molecular weight is 839 g/mol. The summed E-state index contributed by atoms with van der Waals surface area (Å²) in [5.41, 5.74) is 16.6. The van der Waals surface area contributed by atoms with Gasteiger partial charge in [0.1, 0.15) is 28.7 Å². The Morgan fingerprint density at radius 2 is 0.836 bits per heavy atom. The molecule has 2 aliphatic rings. The molecule has 2 saturated carbocycles. The van der Waals surface area contributed by atoms with Crippen molar-refractivity contribution in [1.29, 1.82) is 0 Å². The van der Waals surface area contributed by atoms with Crippen LogP contribution in [0, 0.1) is 83.1 Å². The number of hydrogen-bond donors (Lipinski definition) is 0. The molecular weight excluding hydrogens is 770 g/mol. The summed E-state index contributed by atoms with van der Waals surface area (Å²) in [5.74, 6) is 5.26. The highest BCUT2D eigenvalue weighted by Crippen LogP contribution is 2.53. The van der Waals surface area contributed by atoms with Crippen LogP contribution in [0.5, 0.6) is 28.7 Å². The number of ether oxygens (including phenoxy) is 2. The second kappa shape index (κ2) is 18.5. The summed E-state index contributed by atoms with van der Waals surface area (Å²) < 4.78 is 34.3. The zero-order valence-electron chi connectivity index (χ0n) is 39.5. The van der Waals surface area contributed by atoms with Crippen molar-refractivity contribution >= 4 is 31.2 Å². The van der Waals surface area contributed by atoms with Crippen LogP contribution in [0.2, 0.25) is 0 Å². The fourth-order valence-electron chi connectivity index (χ4n) is 11.1. The van der Waals surface area contributed by atoms with Gasteiger partial charge >= 0.3 is 7.32 Å². The van der Waals surface area contributed by atoms with Crippen molar-refractivity contribution in [2.45, 2.75) is 146 Å². The third-order valence-corrected chi connectivity index (χ3v) is 16.5. The third kappa shape index (κ3) is 8.95. The number of methoxy groups -OCH3 is 2. The van der Waals surface area contributed by atoms with Crippen molar-refractivity contribution in [1.82, 2.24) is 0 Å². The van der Waals surface area contributed by atoms with Gasteiger partial charge in [0.15, 0.2) is 0 Å². The summed E-state index contributed by atoms with van der Waals surface area (Å²) in [6, 6.07) is 18.0. The van der Waals surface area contributed by atoms with Gasteiger partial charge in [-0.05, 0) is 201 Å². The van der Waals surface area contributed by atoms with Gasteiger partial charge in [0.2, 0.25) is 0 Å². The van der Waals surface area contributed by atoms with E-state index in [-0.39, 0.29) is 0 Å². The Morgan fingerprint density at radius 3 is 1.30 bits per heavy atom. The van der Waals surface area contributed by atoms with Crippen molar-refractivity contribution in [3.05, 3.63) is 126 Å². The fourth-order valence-corrected chi connectivity index (χ4v) is 14.2. The first-order chi connectivity index (χ1) is 29.1. The lowest BCUT2D eigenvalue weighted by molar-refractivity contribution is 0.302. The van der Waals surface area contributed by atoms with E-state index in [1.165, 1.54) is 112 Å². The Morgan fingerprint density at radius 1 is 0.426 bits per heavy atom. The zero-order chi connectivity index (χ0) is 43.9. The topological polar surface area (TPSA) is 46.2 Å². The minimum Gasteiger partial charge on any atom is -0.496 e. The van der Waals surface area contributed by atoms with Crippen molar-refractivity contribution in [2.75, 3.05) is 14.2 Å². The monoisotopic (exact) mass is 838 g/mol. The van der Waals surface area contributed by atoms with Crippen LogP contribution in [0.3, 0.4) is 0 Å². The molecule has 5 aromatic rings. The Balaban J connectivity index is 1.48. The minimum absolute atomic E-state index is 0.476. The van der Waals surface area contributed by atoms with Crippen molar-refractivity contribution < 1.29 is 23.4 Å². The van der Waals surface area contributed by atoms with Crippen LogP contribution in [0.15, 0.2) is 48.5 Å². The van der Waals surface area contributed by atoms with E-state index in [4.69, 9.17) is 23.4 Å². The van der Waals surface area contributed by atoms with E-state index in [0.29, 0.717) is 11.8 Å². The van der Waals surface area contributed by atoms with E-state index < -0.39 is 15.2 Å². The summed E-state index contributed by atoms with van der Waals surface area (Å²) in [6.45, 7) is 26.0. The summed E-state index contributed by atoms with van der Waals surface area (Å²) >= 11 is 0. The minimum atomic E-state index is -1.24. The standard InChI is InChI=1S/C54H68BO5P/c1-31-23-34(4)48(35(5)24-31)58-55(59-49-36(6)25-32(2)26-37(49)7)60-50-38(8)29-41(11)53(42(50)12)61(52-39(9)27-33(3)28-40(52)10)54-46(56-13)30-45(43-19-15-16-20-43)47(51(54)57-14)44-21-17-18-22-44/h23-30,43-44H,15-22H2,1-14H3. The smallest absolute Gasteiger partial charge is 0.496 e. The largest absolute Gasteiger partial charge is 0.864 e. The van der Waals surface area contributed by atoms with Gasteiger partial charge in [-0.3, -0.25) is 0 Å². The van der Waals surface area contributed by atoms with Crippen molar-refractivity contribution in [2.24, 2.45) is 0 Å². The molecule has 0 heterocycles. The van der Waals surface area contributed by atoms with Crippen LogP contribution < -0.4 is 39.4 Å². The second-order valence-electron chi connectivity index (χ2n) is 18.4. The molecule has 1 unspecified atom stereocenters. The number of benzene rings is 5. The fraction of sp³-hybridized carbons (Fsp3) is 0.444. The molecule has 1 atom stereocenters. The first kappa shape index (κ1) is 44.6. The van der Waals surface area contributed by atoms with E-state index in [2.05, 4.69) is 132 Å². The maximum atomic E-state index is 7.17. The molecule has 0 spiro atoms. The van der Waals surface area contributed by atoms with Gasteiger partial charge in [-0.1, -0.05) is 84.8 Å². The molecule has 2 fully saturated rings. The van der Waals surface area contributed by atoms with Gasteiger partial charge in [0.05, 0.1) is 19.5 Å². The normalized spacial score (nSPS) is 15.0. The molecule has 61 heavy (non-hydrogen) atoms. The summed E-state index contributed by atoms with van der Waals surface area (Å²) in [4.78, 5) is 0. The van der Waals surface area contributed by atoms with Gasteiger partial charge in [-0.25, -0.2) is 0 Å². The van der Waals surface area contributed by atoms with Gasteiger partial charge in [0, 0.05) is 5.56 Å². The maximum absolute atomic E-state index is 7.17. The van der Waals surface area contributed by atoms with Crippen LogP contribution in [0.1, 0.15) is 141 Å². The molecule has 2 aliphatic carbocycles. The molecule has 0 aromatic heterocycles. The molecule has 322 valence electrons. The van der Waals surface area contributed by atoms with Crippen LogP contribution in [0.25, 0.3) is 0 Å². The first-order valence-electron chi connectivity index (χ1n) is 22.5. The summed E-state index contributed by atoms with van der Waals surface area (Å²) in [6.07, 6.45) is 9.92. The van der Waals surface area contributed by atoms with E-state index in [0.717, 1.165) is 62.1 Å². The van der Waals surface area contributed by atoms with E-state index >= 15 is 0 Å². The van der Waals surface area contributed by atoms with Crippen LogP contribution >= 0.6 is 7.92 Å². The lowest BCUT2D eigenvalue weighted by Crippen LogP contribution is -2.39. The molecule has 0 saturated heterocycles. The lowest BCUT2D eigenvalue weighted by atomic mass is 9.84. The molecule has 0 N–H and O–H groups in total. The predicted molar refractivity (Wildman–Crippen MR) is 258 cm³/mol. The molecule has 0 amide bonds. The Kier molecular flexibility index (Phi) is 13.6. The maximum Gasteiger partial charge on any atom is 0.864 e. The predicted octanol–water partition coefficient (Wildman–Crippen LogP) is 13.0. The molecular formula is C54H68BO5P. The second-order valence-corrected chi connectivity index (χ2v) is 20.4. The van der Waals surface area contributed by atoms with Crippen LogP contribution in [-0.4, -0.2) is 21.5 Å². The Labute approximate surface area is 368 Å². The number of aryl methyl sites for hydroxylation is 11. The Bertz CT molecular complexity index is 2310. The Hall–Kier alpha value is -4.41. The number of rotatable bonds is 13. The van der Waals surface area contributed by atoms with Crippen molar-refractivity contribution in [3.63, 3.8) is 0 Å². The van der Waals surface area contributed by atoms with Crippen LogP contribution in [0.4, 0.5) is 0 Å². The lowest BCUT2D eigenvalue weighted by Gasteiger charge is -2.33. The molecule has 5 nitrogen and oxygen atoms in total. The SMILES string of the molecule is COc1cc(C2CCCC2)c(C2CCCC2)c(OC)c1P(c1c(C)cc(C)cc1C)c1c(C)cc(C)c(OB(Oc2c(C)cc(C)cc2C)Oc2c(C)cc(C)cc2C)c1C. The summed E-state index contributed by atoms with van der Waals surface area (Å²) in [7, 11) is 1.44. The van der Waals surface area contributed by atoms with Gasteiger partial charge < -0.3 is 23.4 Å². The molecule has 0 aliphatic heterocycles. The average Bonchev–Trinajstić information content (AvgIpc) is 3.93. The van der Waals surface area contributed by atoms with E-state index in [9.17, 15) is 0 Å². The highest BCUT2D eigenvalue weighted by atomic mass is 31.1. The number of hydrogen-bond acceptors (Lipinski definition) is 5. The van der Waals surface area contributed by atoms with Gasteiger partial charge in [-0.2, -0.15) is 0 Å². The van der Waals surface area contributed by atoms with Crippen LogP contribution in [-0.2, 0) is 0 Å². The van der Waals surface area contributed by atoms with Gasteiger partial charge in [-0.15, -0.1) is 0 Å². The molecule has 7 heteroatoms.